The van der Waals surface area contributed by atoms with Crippen molar-refractivity contribution in [3.8, 4) is 5.75 Å². The zero-order valence-electron chi connectivity index (χ0n) is 16.6. The van der Waals surface area contributed by atoms with Gasteiger partial charge in [-0.2, -0.15) is 0 Å². The summed E-state index contributed by atoms with van der Waals surface area (Å²) < 4.78 is 12.1. The molecule has 0 unspecified atom stereocenters. The summed E-state index contributed by atoms with van der Waals surface area (Å²) in [7, 11) is 1.50. The second-order valence-corrected chi connectivity index (χ2v) is 6.74. The van der Waals surface area contributed by atoms with Crippen molar-refractivity contribution in [3.63, 3.8) is 0 Å². The second-order valence-electron chi connectivity index (χ2n) is 6.74. The summed E-state index contributed by atoms with van der Waals surface area (Å²) in [5, 5.41) is 10.1. The third-order valence-electron chi connectivity index (χ3n) is 4.79. The van der Waals surface area contributed by atoms with Gasteiger partial charge in [-0.25, -0.2) is 4.79 Å². The molecule has 0 saturated heterocycles. The van der Waals surface area contributed by atoms with Gasteiger partial charge in [0.25, 0.3) is 5.71 Å². The van der Waals surface area contributed by atoms with Crippen molar-refractivity contribution in [2.24, 2.45) is 0 Å². The summed E-state index contributed by atoms with van der Waals surface area (Å²) in [6.45, 7) is 4.50. The van der Waals surface area contributed by atoms with Crippen molar-refractivity contribution in [2.45, 2.75) is 26.7 Å². The summed E-state index contributed by atoms with van der Waals surface area (Å²) in [6.07, 6.45) is 1.86. The number of hydrogen-bond acceptors (Lipinski definition) is 4. The molecule has 0 radical (unpaired) electrons. The molecule has 0 atom stereocenters. The van der Waals surface area contributed by atoms with Crippen LogP contribution in [-0.2, 0) is 16.0 Å². The molecule has 2 aromatic carbocycles. The Labute approximate surface area is 165 Å². The number of rotatable bonds is 7. The highest BCUT2D eigenvalue weighted by Crippen LogP contribution is 2.35. The lowest BCUT2D eigenvalue weighted by Crippen LogP contribution is -2.22. The minimum atomic E-state index is -0.433. The van der Waals surface area contributed by atoms with Crippen LogP contribution in [0.25, 0.3) is 5.57 Å². The smallest absolute Gasteiger partial charge is 0.345 e. The fourth-order valence-electron chi connectivity index (χ4n) is 3.48. The summed E-state index contributed by atoms with van der Waals surface area (Å²) in [5.74, 6) is 0.279. The van der Waals surface area contributed by atoms with Gasteiger partial charge in [-0.3, -0.25) is 5.21 Å². The van der Waals surface area contributed by atoms with E-state index in [2.05, 4.69) is 12.1 Å². The maximum atomic E-state index is 12.4. The van der Waals surface area contributed by atoms with E-state index in [9.17, 15) is 10.0 Å². The molecule has 146 valence electrons. The molecule has 3 rings (SSSR count). The first kappa shape index (κ1) is 19.7. The van der Waals surface area contributed by atoms with Crippen LogP contribution in [0.1, 0.15) is 37.0 Å². The maximum absolute atomic E-state index is 12.4. The Bertz CT molecular complexity index is 925. The van der Waals surface area contributed by atoms with E-state index in [4.69, 9.17) is 9.47 Å². The highest BCUT2D eigenvalue weighted by atomic mass is 16.5. The number of hydroxylamine groups is 1. The molecule has 5 nitrogen and oxygen atoms in total. The molecule has 0 saturated carbocycles. The van der Waals surface area contributed by atoms with E-state index in [-0.39, 0.29) is 6.61 Å². The molecule has 28 heavy (non-hydrogen) atoms. The summed E-state index contributed by atoms with van der Waals surface area (Å²) in [5.41, 5.74) is 4.59. The lowest BCUT2D eigenvalue weighted by Gasteiger charge is -2.08. The molecule has 5 heteroatoms. The number of aryl methyl sites for hydroxylation is 1. The Hall–Kier alpha value is -3.08. The first-order chi connectivity index (χ1) is 13.5. The van der Waals surface area contributed by atoms with Crippen molar-refractivity contribution in [1.82, 2.24) is 0 Å². The van der Waals surface area contributed by atoms with E-state index in [1.807, 2.05) is 43.3 Å². The van der Waals surface area contributed by atoms with E-state index < -0.39 is 5.97 Å². The largest absolute Gasteiger partial charge is 0.494 e. The van der Waals surface area contributed by atoms with Crippen LogP contribution in [0.4, 0.5) is 0 Å². The maximum Gasteiger partial charge on any atom is 0.345 e. The van der Waals surface area contributed by atoms with E-state index in [1.165, 1.54) is 12.6 Å². The molecule has 0 bridgehead atoms. The SMILES string of the molecule is CCOC(=O)C1=C(C)c2ccc(OCCCc3ccccc3)cc2/C1=[N+](/C)O. The monoisotopic (exact) mass is 380 g/mol. The van der Waals surface area contributed by atoms with Crippen LogP contribution < -0.4 is 4.74 Å². The topological polar surface area (TPSA) is 58.8 Å². The summed E-state index contributed by atoms with van der Waals surface area (Å²) in [4.78, 5) is 12.4. The third kappa shape index (κ3) is 4.09. The number of carbonyl (C=O) groups is 1. The van der Waals surface area contributed by atoms with Crippen LogP contribution in [0.5, 0.6) is 5.75 Å². The molecule has 1 N–H and O–H groups in total. The molecule has 2 aromatic rings. The van der Waals surface area contributed by atoms with E-state index >= 15 is 0 Å². The van der Waals surface area contributed by atoms with Crippen molar-refractivity contribution in [2.75, 3.05) is 20.3 Å². The van der Waals surface area contributed by atoms with Crippen molar-refractivity contribution in [1.29, 1.82) is 0 Å². The lowest BCUT2D eigenvalue weighted by molar-refractivity contribution is -0.753. The summed E-state index contributed by atoms with van der Waals surface area (Å²) >= 11 is 0. The molecule has 0 amide bonds. The number of carbonyl (C=O) groups excluding carboxylic acids is 1. The molecule has 1 aliphatic rings. The van der Waals surface area contributed by atoms with Gasteiger partial charge in [-0.05, 0) is 60.3 Å². The van der Waals surface area contributed by atoms with E-state index in [1.54, 1.807) is 6.92 Å². The first-order valence-corrected chi connectivity index (χ1v) is 9.52. The summed E-state index contributed by atoms with van der Waals surface area (Å²) in [6, 6.07) is 16.0. The lowest BCUT2D eigenvalue weighted by atomic mass is 10.1. The van der Waals surface area contributed by atoms with Gasteiger partial charge in [0, 0.05) is 0 Å². The van der Waals surface area contributed by atoms with Gasteiger partial charge in [-0.1, -0.05) is 36.4 Å². The number of fused-ring (bicyclic) bond motifs is 1. The van der Waals surface area contributed by atoms with Gasteiger partial charge in [-0.15, -0.1) is 0 Å². The Kier molecular flexibility index (Phi) is 6.14. The Balaban J connectivity index is 1.74. The molecule has 0 fully saturated rings. The first-order valence-electron chi connectivity index (χ1n) is 9.52. The van der Waals surface area contributed by atoms with Crippen molar-refractivity contribution >= 4 is 17.3 Å². The van der Waals surface area contributed by atoms with Gasteiger partial charge >= 0.3 is 5.97 Å². The fraction of sp³-hybridized carbons (Fsp3) is 0.304. The number of benzene rings is 2. The highest BCUT2D eigenvalue weighted by molar-refractivity contribution is 6.33. The average Bonchev–Trinajstić information content (AvgIpc) is 2.98. The van der Waals surface area contributed by atoms with Crippen molar-refractivity contribution < 1.29 is 24.2 Å². The van der Waals surface area contributed by atoms with Crippen LogP contribution >= 0.6 is 0 Å². The molecule has 0 aromatic heterocycles. The second kappa shape index (κ2) is 8.74. The van der Waals surface area contributed by atoms with Gasteiger partial charge in [0.05, 0.1) is 18.8 Å². The third-order valence-corrected chi connectivity index (χ3v) is 4.79. The number of hydrogen-bond donors (Lipinski definition) is 1. The fourth-order valence-corrected chi connectivity index (χ4v) is 3.48. The zero-order chi connectivity index (χ0) is 20.1. The number of allylic oxidation sites excluding steroid dienone is 1. The molecular formula is C23H26NO4+. The molecular weight excluding hydrogens is 354 g/mol. The predicted molar refractivity (Wildman–Crippen MR) is 108 cm³/mol. The molecule has 0 spiro atoms. The van der Waals surface area contributed by atoms with Crippen LogP contribution in [0.2, 0.25) is 0 Å². The predicted octanol–water partition coefficient (Wildman–Crippen LogP) is 3.87. The van der Waals surface area contributed by atoms with Crippen LogP contribution in [0.15, 0.2) is 54.1 Å². The highest BCUT2D eigenvalue weighted by Gasteiger charge is 2.38. The normalized spacial score (nSPS) is 14.7. The number of nitrogens with zero attached hydrogens (tertiary/aromatic N) is 1. The Morgan fingerprint density at radius 3 is 2.54 bits per heavy atom. The number of esters is 1. The standard InChI is InChI=1S/C23H26NO4/c1-4-27-23(25)21-16(2)19-13-12-18(15-20(19)22(21)24(3)26)28-14-8-11-17-9-6-5-7-10-17/h5-7,9-10,12-13,15,26H,4,8,11,14H2,1-3H3/q+1/b24-22+. The van der Waals surface area contributed by atoms with E-state index in [0.29, 0.717) is 23.6 Å². The minimum absolute atomic E-state index is 0.282. The Morgan fingerprint density at radius 1 is 1.11 bits per heavy atom. The van der Waals surface area contributed by atoms with Gasteiger partial charge < -0.3 is 9.47 Å². The molecule has 0 heterocycles. The van der Waals surface area contributed by atoms with Crippen LogP contribution in [0, 0.1) is 0 Å². The van der Waals surface area contributed by atoms with E-state index in [0.717, 1.165) is 34.3 Å². The molecule has 1 aliphatic carbocycles. The van der Waals surface area contributed by atoms with Gasteiger partial charge in [0.2, 0.25) is 0 Å². The quantitative estimate of drug-likeness (QED) is 0.260. The zero-order valence-corrected chi connectivity index (χ0v) is 16.6. The van der Waals surface area contributed by atoms with Crippen LogP contribution in [0.3, 0.4) is 0 Å². The minimum Gasteiger partial charge on any atom is -0.494 e. The Morgan fingerprint density at radius 2 is 1.86 bits per heavy atom. The van der Waals surface area contributed by atoms with Gasteiger partial charge in [0.1, 0.15) is 11.3 Å². The number of ether oxygens (including phenoxy) is 2. The van der Waals surface area contributed by atoms with Crippen molar-refractivity contribution in [3.05, 3.63) is 70.8 Å². The average molecular weight is 380 g/mol. The van der Waals surface area contributed by atoms with Crippen LogP contribution in [-0.4, -0.2) is 41.9 Å². The molecule has 0 aliphatic heterocycles. The van der Waals surface area contributed by atoms with Gasteiger partial charge in [0.15, 0.2) is 7.05 Å².